The van der Waals surface area contributed by atoms with Gasteiger partial charge in [0, 0.05) is 37.4 Å². The Morgan fingerprint density at radius 2 is 1.64 bits per heavy atom. The van der Waals surface area contributed by atoms with E-state index in [4.69, 9.17) is 0 Å². The average Bonchev–Trinajstić information content (AvgIpc) is 2.61. The van der Waals surface area contributed by atoms with Crippen molar-refractivity contribution in [2.75, 3.05) is 31.1 Å². The number of ketones is 1. The zero-order valence-electron chi connectivity index (χ0n) is 12.5. The molecular weight excluding hydrogens is 272 g/mol. The molecule has 0 aliphatic carbocycles. The molecule has 3 rings (SSSR count). The van der Waals surface area contributed by atoms with Gasteiger partial charge in [-0.3, -0.25) is 4.79 Å². The molecule has 1 aliphatic rings. The predicted molar refractivity (Wildman–Crippen MR) is 91.3 cm³/mol. The van der Waals surface area contributed by atoms with Crippen molar-refractivity contribution in [3.8, 4) is 0 Å². The van der Waals surface area contributed by atoms with Crippen LogP contribution in [-0.4, -0.2) is 32.0 Å². The maximum Gasteiger partial charge on any atom is 0.185 e. The summed E-state index contributed by atoms with van der Waals surface area (Å²) >= 11 is 0. The van der Waals surface area contributed by atoms with Crippen LogP contribution in [0.5, 0.6) is 0 Å². The number of benzene rings is 2. The molecule has 2 aromatic carbocycles. The van der Waals surface area contributed by atoms with Gasteiger partial charge in [0.2, 0.25) is 0 Å². The number of nitrogens with one attached hydrogen (secondary N) is 1. The SMILES string of the molecule is O=C(/C=C/c1ccccc1N1CCNCC1)c1ccccc1. The van der Waals surface area contributed by atoms with Gasteiger partial charge in [-0.05, 0) is 23.8 Å². The number of piperazine rings is 1. The second kappa shape index (κ2) is 7.05. The summed E-state index contributed by atoms with van der Waals surface area (Å²) in [6.45, 7) is 4.00. The summed E-state index contributed by atoms with van der Waals surface area (Å²) in [6, 6.07) is 17.6. The van der Waals surface area contributed by atoms with Crippen molar-refractivity contribution in [2.24, 2.45) is 0 Å². The molecule has 0 saturated carbocycles. The van der Waals surface area contributed by atoms with Crippen LogP contribution in [0.25, 0.3) is 6.08 Å². The standard InChI is InChI=1S/C19H20N2O/c22-19(17-7-2-1-3-8-17)11-10-16-6-4-5-9-18(16)21-14-12-20-13-15-21/h1-11,20H,12-15H2/b11-10+. The van der Waals surface area contributed by atoms with E-state index in [9.17, 15) is 4.79 Å². The lowest BCUT2D eigenvalue weighted by Crippen LogP contribution is -2.43. The number of para-hydroxylation sites is 1. The maximum atomic E-state index is 12.2. The average molecular weight is 292 g/mol. The quantitative estimate of drug-likeness (QED) is 0.694. The van der Waals surface area contributed by atoms with E-state index in [1.807, 2.05) is 48.5 Å². The molecule has 112 valence electrons. The Balaban J connectivity index is 1.80. The fourth-order valence-corrected chi connectivity index (χ4v) is 2.69. The summed E-state index contributed by atoms with van der Waals surface area (Å²) < 4.78 is 0. The minimum Gasteiger partial charge on any atom is -0.369 e. The molecule has 0 radical (unpaired) electrons. The van der Waals surface area contributed by atoms with Crippen molar-refractivity contribution in [3.63, 3.8) is 0 Å². The lowest BCUT2D eigenvalue weighted by atomic mass is 10.1. The number of hydrogen-bond donors (Lipinski definition) is 1. The third-order valence-corrected chi connectivity index (χ3v) is 3.87. The highest BCUT2D eigenvalue weighted by molar-refractivity contribution is 6.07. The largest absolute Gasteiger partial charge is 0.369 e. The van der Waals surface area contributed by atoms with Crippen molar-refractivity contribution in [3.05, 3.63) is 71.8 Å². The maximum absolute atomic E-state index is 12.2. The van der Waals surface area contributed by atoms with Crippen LogP contribution in [0.3, 0.4) is 0 Å². The third-order valence-electron chi connectivity index (χ3n) is 3.87. The first kappa shape index (κ1) is 14.5. The van der Waals surface area contributed by atoms with Crippen LogP contribution in [0.1, 0.15) is 15.9 Å². The van der Waals surface area contributed by atoms with Crippen molar-refractivity contribution in [1.82, 2.24) is 5.32 Å². The molecule has 1 saturated heterocycles. The number of allylic oxidation sites excluding steroid dienone is 1. The minimum atomic E-state index is 0.0377. The molecule has 0 amide bonds. The molecule has 1 heterocycles. The van der Waals surface area contributed by atoms with Gasteiger partial charge in [0.25, 0.3) is 0 Å². The zero-order valence-corrected chi connectivity index (χ0v) is 12.5. The monoisotopic (exact) mass is 292 g/mol. The lowest BCUT2D eigenvalue weighted by Gasteiger charge is -2.30. The zero-order chi connectivity index (χ0) is 15.2. The predicted octanol–water partition coefficient (Wildman–Crippen LogP) is 2.99. The molecule has 0 atom stereocenters. The summed E-state index contributed by atoms with van der Waals surface area (Å²) in [4.78, 5) is 14.6. The molecule has 1 fully saturated rings. The number of carbonyl (C=O) groups is 1. The topological polar surface area (TPSA) is 32.3 Å². The Morgan fingerprint density at radius 3 is 2.41 bits per heavy atom. The third kappa shape index (κ3) is 3.43. The molecular formula is C19H20N2O. The molecule has 1 N–H and O–H groups in total. The Bertz CT molecular complexity index is 658. The molecule has 0 unspecified atom stereocenters. The first-order chi connectivity index (χ1) is 10.8. The number of carbonyl (C=O) groups excluding carboxylic acids is 1. The van der Waals surface area contributed by atoms with Gasteiger partial charge in [0.1, 0.15) is 0 Å². The van der Waals surface area contributed by atoms with Gasteiger partial charge in [0.05, 0.1) is 0 Å². The molecule has 3 nitrogen and oxygen atoms in total. The normalized spacial score (nSPS) is 15.2. The summed E-state index contributed by atoms with van der Waals surface area (Å²) in [6.07, 6.45) is 3.59. The Hall–Kier alpha value is -2.39. The van der Waals surface area contributed by atoms with Gasteiger partial charge in [-0.2, -0.15) is 0 Å². The van der Waals surface area contributed by atoms with Crippen molar-refractivity contribution in [2.45, 2.75) is 0 Å². The van der Waals surface area contributed by atoms with Crippen molar-refractivity contribution < 1.29 is 4.79 Å². The molecule has 3 heteroatoms. The molecule has 0 aromatic heterocycles. The van der Waals surface area contributed by atoms with Gasteiger partial charge in [-0.15, -0.1) is 0 Å². The van der Waals surface area contributed by atoms with E-state index in [2.05, 4.69) is 22.3 Å². The minimum absolute atomic E-state index is 0.0377. The summed E-state index contributed by atoms with van der Waals surface area (Å²) in [7, 11) is 0. The number of hydrogen-bond acceptors (Lipinski definition) is 3. The summed E-state index contributed by atoms with van der Waals surface area (Å²) in [5, 5.41) is 3.36. The van der Waals surface area contributed by atoms with Crippen LogP contribution in [0.4, 0.5) is 5.69 Å². The molecule has 0 spiro atoms. The van der Waals surface area contributed by atoms with E-state index < -0.39 is 0 Å². The van der Waals surface area contributed by atoms with Crippen LogP contribution in [-0.2, 0) is 0 Å². The van der Waals surface area contributed by atoms with E-state index in [1.165, 1.54) is 5.69 Å². The van der Waals surface area contributed by atoms with E-state index in [0.717, 1.165) is 37.3 Å². The van der Waals surface area contributed by atoms with Crippen LogP contribution in [0, 0.1) is 0 Å². The lowest BCUT2D eigenvalue weighted by molar-refractivity contribution is 0.104. The second-order valence-corrected chi connectivity index (χ2v) is 5.36. The van der Waals surface area contributed by atoms with Gasteiger partial charge >= 0.3 is 0 Å². The van der Waals surface area contributed by atoms with Crippen molar-refractivity contribution in [1.29, 1.82) is 0 Å². The number of rotatable bonds is 4. The molecule has 2 aromatic rings. The van der Waals surface area contributed by atoms with E-state index >= 15 is 0 Å². The Kier molecular flexibility index (Phi) is 4.66. The van der Waals surface area contributed by atoms with Crippen LogP contribution in [0.15, 0.2) is 60.7 Å². The van der Waals surface area contributed by atoms with E-state index in [0.29, 0.717) is 0 Å². The first-order valence-electron chi connectivity index (χ1n) is 7.67. The molecule has 0 bridgehead atoms. The highest BCUT2D eigenvalue weighted by Gasteiger charge is 2.12. The smallest absolute Gasteiger partial charge is 0.185 e. The van der Waals surface area contributed by atoms with Crippen LogP contribution >= 0.6 is 0 Å². The summed E-state index contributed by atoms with van der Waals surface area (Å²) in [5.74, 6) is 0.0377. The highest BCUT2D eigenvalue weighted by atomic mass is 16.1. The second-order valence-electron chi connectivity index (χ2n) is 5.36. The Labute approximate surface area is 131 Å². The highest BCUT2D eigenvalue weighted by Crippen LogP contribution is 2.22. The molecule has 1 aliphatic heterocycles. The number of anilines is 1. The van der Waals surface area contributed by atoms with E-state index in [-0.39, 0.29) is 5.78 Å². The summed E-state index contributed by atoms with van der Waals surface area (Å²) in [5.41, 5.74) is 3.01. The number of nitrogens with zero attached hydrogens (tertiary/aromatic N) is 1. The fraction of sp³-hybridized carbons (Fsp3) is 0.211. The van der Waals surface area contributed by atoms with E-state index in [1.54, 1.807) is 6.08 Å². The van der Waals surface area contributed by atoms with Crippen LogP contribution < -0.4 is 10.2 Å². The Morgan fingerprint density at radius 1 is 0.955 bits per heavy atom. The van der Waals surface area contributed by atoms with Gasteiger partial charge in [0.15, 0.2) is 5.78 Å². The van der Waals surface area contributed by atoms with Gasteiger partial charge in [-0.1, -0.05) is 48.5 Å². The fourth-order valence-electron chi connectivity index (χ4n) is 2.69. The van der Waals surface area contributed by atoms with Gasteiger partial charge in [-0.25, -0.2) is 0 Å². The molecule has 22 heavy (non-hydrogen) atoms. The van der Waals surface area contributed by atoms with Gasteiger partial charge < -0.3 is 10.2 Å². The first-order valence-corrected chi connectivity index (χ1v) is 7.67. The van der Waals surface area contributed by atoms with Crippen LogP contribution in [0.2, 0.25) is 0 Å². The van der Waals surface area contributed by atoms with Crippen molar-refractivity contribution >= 4 is 17.5 Å².